The molecule has 0 saturated carbocycles. The summed E-state index contributed by atoms with van der Waals surface area (Å²) in [6, 6.07) is 15.2. The van der Waals surface area contributed by atoms with Gasteiger partial charge in [0, 0.05) is 25.5 Å². The molecule has 94 valence electrons. The Labute approximate surface area is 109 Å². The maximum Gasteiger partial charge on any atom is 0.0370 e. The molecule has 0 bridgehead atoms. The van der Waals surface area contributed by atoms with Gasteiger partial charge in [-0.3, -0.25) is 0 Å². The molecule has 0 aliphatic heterocycles. The van der Waals surface area contributed by atoms with E-state index in [-0.39, 0.29) is 0 Å². The quantitative estimate of drug-likeness (QED) is 0.852. The van der Waals surface area contributed by atoms with E-state index in [4.69, 9.17) is 0 Å². The van der Waals surface area contributed by atoms with Crippen LogP contribution in [0.2, 0.25) is 0 Å². The van der Waals surface area contributed by atoms with Gasteiger partial charge in [0.15, 0.2) is 0 Å². The van der Waals surface area contributed by atoms with Crippen LogP contribution in [0.4, 0.5) is 11.4 Å². The standard InChI is InChI=1S/C16H20N2/c1-12-4-5-14(11-16(12)18-3)10-13-6-8-15(17-2)9-7-13/h4-9,11,17-18H,10H2,1-3H3. The van der Waals surface area contributed by atoms with Gasteiger partial charge in [-0.25, -0.2) is 0 Å². The third kappa shape index (κ3) is 2.83. The molecular weight excluding hydrogens is 220 g/mol. The Bertz CT molecular complexity index is 515. The minimum atomic E-state index is 0.971. The van der Waals surface area contributed by atoms with Crippen LogP contribution in [0.1, 0.15) is 16.7 Å². The molecule has 0 aliphatic rings. The summed E-state index contributed by atoms with van der Waals surface area (Å²) >= 11 is 0. The van der Waals surface area contributed by atoms with Crippen molar-refractivity contribution >= 4 is 11.4 Å². The van der Waals surface area contributed by atoms with E-state index < -0.39 is 0 Å². The molecule has 0 amide bonds. The molecule has 2 rings (SSSR count). The fourth-order valence-electron chi connectivity index (χ4n) is 2.07. The van der Waals surface area contributed by atoms with E-state index in [0.29, 0.717) is 0 Å². The SMILES string of the molecule is CNc1ccc(Cc2ccc(C)c(NC)c2)cc1. The zero-order valence-corrected chi connectivity index (χ0v) is 11.2. The van der Waals surface area contributed by atoms with Crippen molar-refractivity contribution in [3.63, 3.8) is 0 Å². The molecule has 0 unspecified atom stereocenters. The van der Waals surface area contributed by atoms with Gasteiger partial charge in [0.1, 0.15) is 0 Å². The molecule has 0 saturated heterocycles. The lowest BCUT2D eigenvalue weighted by molar-refractivity contribution is 1.18. The van der Waals surface area contributed by atoms with Gasteiger partial charge in [-0.2, -0.15) is 0 Å². The van der Waals surface area contributed by atoms with Gasteiger partial charge in [-0.05, 0) is 48.2 Å². The lowest BCUT2D eigenvalue weighted by Crippen LogP contribution is -1.95. The van der Waals surface area contributed by atoms with E-state index in [2.05, 4.69) is 60.0 Å². The summed E-state index contributed by atoms with van der Waals surface area (Å²) < 4.78 is 0. The highest BCUT2D eigenvalue weighted by atomic mass is 14.8. The summed E-state index contributed by atoms with van der Waals surface area (Å²) in [6.07, 6.45) is 0.971. The lowest BCUT2D eigenvalue weighted by atomic mass is 10.0. The average molecular weight is 240 g/mol. The molecular formula is C16H20N2. The molecule has 0 atom stereocenters. The van der Waals surface area contributed by atoms with Crippen molar-refractivity contribution in [1.29, 1.82) is 0 Å². The molecule has 2 heteroatoms. The maximum absolute atomic E-state index is 3.23. The van der Waals surface area contributed by atoms with Crippen molar-refractivity contribution in [2.75, 3.05) is 24.7 Å². The number of benzene rings is 2. The molecule has 0 aliphatic carbocycles. The van der Waals surface area contributed by atoms with Gasteiger partial charge in [-0.1, -0.05) is 24.3 Å². The van der Waals surface area contributed by atoms with Crippen LogP contribution in [0.5, 0.6) is 0 Å². The fourth-order valence-corrected chi connectivity index (χ4v) is 2.07. The first-order valence-electron chi connectivity index (χ1n) is 6.27. The van der Waals surface area contributed by atoms with Crippen LogP contribution < -0.4 is 10.6 Å². The summed E-state index contributed by atoms with van der Waals surface area (Å²) in [5.74, 6) is 0. The van der Waals surface area contributed by atoms with E-state index >= 15 is 0 Å². The first-order chi connectivity index (χ1) is 8.72. The summed E-state index contributed by atoms with van der Waals surface area (Å²) in [5, 5.41) is 6.36. The minimum Gasteiger partial charge on any atom is -0.388 e. The Morgan fingerprint density at radius 3 is 2.11 bits per heavy atom. The van der Waals surface area contributed by atoms with Gasteiger partial charge in [0.2, 0.25) is 0 Å². The Morgan fingerprint density at radius 1 is 0.833 bits per heavy atom. The molecule has 0 spiro atoms. The van der Waals surface area contributed by atoms with Crippen LogP contribution in [0.25, 0.3) is 0 Å². The predicted molar refractivity (Wildman–Crippen MR) is 79.5 cm³/mol. The first kappa shape index (κ1) is 12.5. The number of anilines is 2. The van der Waals surface area contributed by atoms with E-state index in [1.165, 1.54) is 22.4 Å². The van der Waals surface area contributed by atoms with E-state index in [1.807, 2.05) is 14.1 Å². The van der Waals surface area contributed by atoms with Crippen molar-refractivity contribution in [1.82, 2.24) is 0 Å². The highest BCUT2D eigenvalue weighted by Crippen LogP contribution is 2.19. The zero-order chi connectivity index (χ0) is 13.0. The van der Waals surface area contributed by atoms with E-state index in [0.717, 1.165) is 12.1 Å². The van der Waals surface area contributed by atoms with Crippen molar-refractivity contribution in [3.05, 3.63) is 59.2 Å². The highest BCUT2D eigenvalue weighted by Gasteiger charge is 2.00. The van der Waals surface area contributed by atoms with Gasteiger partial charge in [0.05, 0.1) is 0 Å². The number of rotatable bonds is 4. The van der Waals surface area contributed by atoms with Crippen molar-refractivity contribution in [2.45, 2.75) is 13.3 Å². The lowest BCUT2D eigenvalue weighted by Gasteiger charge is -2.09. The average Bonchev–Trinajstić information content (AvgIpc) is 2.42. The molecule has 2 nitrogen and oxygen atoms in total. The number of nitrogens with one attached hydrogen (secondary N) is 2. The maximum atomic E-state index is 3.23. The largest absolute Gasteiger partial charge is 0.388 e. The smallest absolute Gasteiger partial charge is 0.0370 e. The van der Waals surface area contributed by atoms with Crippen LogP contribution in [-0.2, 0) is 6.42 Å². The number of aryl methyl sites for hydroxylation is 1. The molecule has 2 N–H and O–H groups in total. The van der Waals surface area contributed by atoms with Crippen molar-refractivity contribution < 1.29 is 0 Å². The molecule has 0 aromatic heterocycles. The number of hydrogen-bond acceptors (Lipinski definition) is 2. The van der Waals surface area contributed by atoms with Gasteiger partial charge in [0.25, 0.3) is 0 Å². The normalized spacial score (nSPS) is 10.2. The highest BCUT2D eigenvalue weighted by molar-refractivity contribution is 5.53. The van der Waals surface area contributed by atoms with Gasteiger partial charge >= 0.3 is 0 Å². The first-order valence-corrected chi connectivity index (χ1v) is 6.27. The zero-order valence-electron chi connectivity index (χ0n) is 11.2. The molecule has 0 fully saturated rings. The number of hydrogen-bond donors (Lipinski definition) is 2. The molecule has 2 aromatic carbocycles. The fraction of sp³-hybridized carbons (Fsp3) is 0.250. The molecule has 2 aromatic rings. The second-order valence-corrected chi connectivity index (χ2v) is 4.52. The Morgan fingerprint density at radius 2 is 1.50 bits per heavy atom. The van der Waals surface area contributed by atoms with Crippen LogP contribution in [0.3, 0.4) is 0 Å². The van der Waals surface area contributed by atoms with Gasteiger partial charge < -0.3 is 10.6 Å². The topological polar surface area (TPSA) is 24.1 Å². The third-order valence-corrected chi connectivity index (χ3v) is 3.22. The van der Waals surface area contributed by atoms with E-state index in [1.54, 1.807) is 0 Å². The van der Waals surface area contributed by atoms with Crippen LogP contribution in [0.15, 0.2) is 42.5 Å². The summed E-state index contributed by atoms with van der Waals surface area (Å²) in [5.41, 5.74) is 6.31. The second kappa shape index (κ2) is 5.58. The van der Waals surface area contributed by atoms with Crippen LogP contribution in [-0.4, -0.2) is 14.1 Å². The van der Waals surface area contributed by atoms with Crippen molar-refractivity contribution in [3.8, 4) is 0 Å². The molecule has 0 heterocycles. The Hall–Kier alpha value is -1.96. The van der Waals surface area contributed by atoms with Gasteiger partial charge in [-0.15, -0.1) is 0 Å². The Balaban J connectivity index is 2.17. The molecule has 0 radical (unpaired) electrons. The minimum absolute atomic E-state index is 0.971. The summed E-state index contributed by atoms with van der Waals surface area (Å²) in [6.45, 7) is 2.12. The van der Waals surface area contributed by atoms with Crippen LogP contribution >= 0.6 is 0 Å². The monoisotopic (exact) mass is 240 g/mol. The second-order valence-electron chi connectivity index (χ2n) is 4.52. The summed E-state index contributed by atoms with van der Waals surface area (Å²) in [4.78, 5) is 0. The third-order valence-electron chi connectivity index (χ3n) is 3.22. The predicted octanol–water partition coefficient (Wildman–Crippen LogP) is 3.67. The summed E-state index contributed by atoms with van der Waals surface area (Å²) in [7, 11) is 3.90. The van der Waals surface area contributed by atoms with Crippen LogP contribution in [0, 0.1) is 6.92 Å². The van der Waals surface area contributed by atoms with E-state index in [9.17, 15) is 0 Å². The van der Waals surface area contributed by atoms with Crippen molar-refractivity contribution in [2.24, 2.45) is 0 Å². The Kier molecular flexibility index (Phi) is 3.88. The molecule has 18 heavy (non-hydrogen) atoms.